The van der Waals surface area contributed by atoms with Gasteiger partial charge in [-0.25, -0.2) is 0 Å². The molecule has 1 nitrogen and oxygen atoms in total. The van der Waals surface area contributed by atoms with E-state index in [-0.39, 0.29) is 0 Å². The minimum Gasteiger partial charge on any atom is -0.286 e. The van der Waals surface area contributed by atoms with Crippen LogP contribution in [0.4, 0.5) is 0 Å². The largest absolute Gasteiger partial charge is 0.286 e. The molecule has 0 amide bonds. The Bertz CT molecular complexity index is 233. The minimum absolute atomic E-state index is 0.504. The quantitative estimate of drug-likeness (QED) is 0.378. The van der Waals surface area contributed by atoms with E-state index in [0.29, 0.717) is 6.04 Å². The van der Waals surface area contributed by atoms with Gasteiger partial charge in [0.05, 0.1) is 6.04 Å². The maximum atomic E-state index is 3.79. The lowest BCUT2D eigenvalue weighted by molar-refractivity contribution is 0.329. The number of unbranched alkanes of at least 4 members (excludes halogenated alkanes) is 3. The molecule has 84 valence electrons. The summed E-state index contributed by atoms with van der Waals surface area (Å²) in [6.07, 6.45) is 9.46. The van der Waals surface area contributed by atoms with Crippen molar-refractivity contribution in [1.82, 2.24) is 4.90 Å². The number of rotatable bonds is 5. The molecule has 1 aliphatic heterocycles. The molecule has 0 aromatic heterocycles. The van der Waals surface area contributed by atoms with Crippen LogP contribution in [0, 0.1) is 11.8 Å². The molecule has 1 unspecified atom stereocenters. The predicted molar refractivity (Wildman–Crippen MR) is 66.7 cm³/mol. The van der Waals surface area contributed by atoms with E-state index in [4.69, 9.17) is 0 Å². The minimum atomic E-state index is 0.504. The summed E-state index contributed by atoms with van der Waals surface area (Å²) in [5.41, 5.74) is 0. The van der Waals surface area contributed by atoms with Crippen LogP contribution in [0.2, 0.25) is 0 Å². The lowest BCUT2D eigenvalue weighted by Crippen LogP contribution is -2.28. The zero-order valence-corrected chi connectivity index (χ0v) is 9.97. The highest BCUT2D eigenvalue weighted by Gasteiger charge is 2.20. The lowest BCUT2D eigenvalue weighted by Gasteiger charge is -2.17. The van der Waals surface area contributed by atoms with Crippen LogP contribution in [0.15, 0.2) is 12.7 Å². The van der Waals surface area contributed by atoms with Gasteiger partial charge in [0, 0.05) is 13.0 Å². The van der Waals surface area contributed by atoms with E-state index in [1.165, 1.54) is 38.6 Å². The van der Waals surface area contributed by atoms with Gasteiger partial charge in [-0.05, 0) is 25.8 Å². The molecule has 1 atom stereocenters. The molecule has 0 bridgehead atoms. The molecule has 0 N–H and O–H groups in total. The van der Waals surface area contributed by atoms with Gasteiger partial charge in [0.2, 0.25) is 0 Å². The monoisotopic (exact) mass is 205 g/mol. The average molecular weight is 205 g/mol. The summed E-state index contributed by atoms with van der Waals surface area (Å²) < 4.78 is 0. The highest BCUT2D eigenvalue weighted by Crippen LogP contribution is 2.15. The number of likely N-dealkylation sites (tertiary alicyclic amines) is 1. The third-order valence-corrected chi connectivity index (χ3v) is 2.90. The standard InChI is InChI=1S/C14H23N/c1-3-5-6-7-8-10-14-11-9-13-15(14)12-4-2/h4,14H,2-3,5-7,9,11-13H2,1H3. The van der Waals surface area contributed by atoms with Crippen LogP contribution in [0.25, 0.3) is 0 Å². The SMILES string of the molecule is C=CCN1CCCC1C#CCCCCC. The summed E-state index contributed by atoms with van der Waals surface area (Å²) in [7, 11) is 0. The molecule has 0 aliphatic carbocycles. The fourth-order valence-electron chi connectivity index (χ4n) is 2.03. The molecule has 0 aromatic rings. The van der Waals surface area contributed by atoms with Gasteiger partial charge >= 0.3 is 0 Å². The van der Waals surface area contributed by atoms with Crippen molar-refractivity contribution >= 4 is 0 Å². The number of nitrogens with zero attached hydrogens (tertiary/aromatic N) is 1. The van der Waals surface area contributed by atoms with Crippen molar-refractivity contribution in [3.05, 3.63) is 12.7 Å². The second-order valence-corrected chi connectivity index (χ2v) is 4.22. The molecule has 15 heavy (non-hydrogen) atoms. The molecular weight excluding hydrogens is 182 g/mol. The maximum absolute atomic E-state index is 3.79. The molecule has 0 radical (unpaired) electrons. The van der Waals surface area contributed by atoms with Crippen LogP contribution >= 0.6 is 0 Å². The Morgan fingerprint density at radius 3 is 3.07 bits per heavy atom. The first-order valence-electron chi connectivity index (χ1n) is 6.21. The van der Waals surface area contributed by atoms with E-state index < -0.39 is 0 Å². The maximum Gasteiger partial charge on any atom is 0.0717 e. The summed E-state index contributed by atoms with van der Waals surface area (Å²) in [6.45, 7) is 8.21. The van der Waals surface area contributed by atoms with Crippen LogP contribution in [-0.2, 0) is 0 Å². The van der Waals surface area contributed by atoms with Gasteiger partial charge in [-0.1, -0.05) is 31.8 Å². The van der Waals surface area contributed by atoms with Crippen LogP contribution in [0.1, 0.15) is 45.4 Å². The zero-order valence-electron chi connectivity index (χ0n) is 9.97. The molecule has 1 heteroatoms. The predicted octanol–water partition coefficient (Wildman–Crippen LogP) is 3.22. The Hall–Kier alpha value is -0.740. The third kappa shape index (κ3) is 4.53. The second-order valence-electron chi connectivity index (χ2n) is 4.22. The van der Waals surface area contributed by atoms with Gasteiger partial charge in [-0.2, -0.15) is 0 Å². The first-order chi connectivity index (χ1) is 7.38. The molecule has 1 saturated heterocycles. The number of hydrogen-bond donors (Lipinski definition) is 0. The molecule has 0 spiro atoms. The topological polar surface area (TPSA) is 3.24 Å². The fraction of sp³-hybridized carbons (Fsp3) is 0.714. The summed E-state index contributed by atoms with van der Waals surface area (Å²) in [6, 6.07) is 0.504. The van der Waals surface area contributed by atoms with Gasteiger partial charge in [-0.3, -0.25) is 4.90 Å². The molecule has 1 aliphatic rings. The first kappa shape index (κ1) is 12.3. The Balaban J connectivity index is 2.26. The van der Waals surface area contributed by atoms with Crippen LogP contribution in [-0.4, -0.2) is 24.0 Å². The molecule has 1 rings (SSSR count). The Morgan fingerprint density at radius 1 is 1.47 bits per heavy atom. The van der Waals surface area contributed by atoms with E-state index in [0.717, 1.165) is 13.0 Å². The summed E-state index contributed by atoms with van der Waals surface area (Å²) in [5, 5.41) is 0. The summed E-state index contributed by atoms with van der Waals surface area (Å²) >= 11 is 0. The van der Waals surface area contributed by atoms with Crippen molar-refractivity contribution in [2.24, 2.45) is 0 Å². The molecule has 0 aromatic carbocycles. The van der Waals surface area contributed by atoms with Crippen molar-refractivity contribution in [3.8, 4) is 11.8 Å². The molecular formula is C14H23N. The fourth-order valence-corrected chi connectivity index (χ4v) is 2.03. The van der Waals surface area contributed by atoms with E-state index in [9.17, 15) is 0 Å². The summed E-state index contributed by atoms with van der Waals surface area (Å²) in [5.74, 6) is 6.73. The van der Waals surface area contributed by atoms with Crippen LogP contribution < -0.4 is 0 Å². The normalized spacial score (nSPS) is 21.0. The highest BCUT2D eigenvalue weighted by atomic mass is 15.2. The Kier molecular flexibility index (Phi) is 6.20. The van der Waals surface area contributed by atoms with Gasteiger partial charge in [-0.15, -0.1) is 12.5 Å². The Morgan fingerprint density at radius 2 is 2.33 bits per heavy atom. The molecule has 1 heterocycles. The molecule has 1 fully saturated rings. The average Bonchev–Trinajstić information content (AvgIpc) is 2.66. The second kappa shape index (κ2) is 7.54. The van der Waals surface area contributed by atoms with Crippen molar-refractivity contribution in [2.45, 2.75) is 51.5 Å². The van der Waals surface area contributed by atoms with Gasteiger partial charge in [0.1, 0.15) is 0 Å². The summed E-state index contributed by atoms with van der Waals surface area (Å²) in [4.78, 5) is 2.43. The van der Waals surface area contributed by atoms with Gasteiger partial charge < -0.3 is 0 Å². The van der Waals surface area contributed by atoms with Crippen molar-refractivity contribution in [3.63, 3.8) is 0 Å². The third-order valence-electron chi connectivity index (χ3n) is 2.90. The Labute approximate surface area is 94.5 Å². The van der Waals surface area contributed by atoms with E-state index in [1.807, 2.05) is 6.08 Å². The van der Waals surface area contributed by atoms with E-state index in [1.54, 1.807) is 0 Å². The van der Waals surface area contributed by atoms with Crippen LogP contribution in [0.5, 0.6) is 0 Å². The van der Waals surface area contributed by atoms with Gasteiger partial charge in [0.15, 0.2) is 0 Å². The molecule has 0 saturated carbocycles. The van der Waals surface area contributed by atoms with E-state index >= 15 is 0 Å². The van der Waals surface area contributed by atoms with Crippen LogP contribution in [0.3, 0.4) is 0 Å². The smallest absolute Gasteiger partial charge is 0.0717 e. The number of hydrogen-bond acceptors (Lipinski definition) is 1. The lowest BCUT2D eigenvalue weighted by atomic mass is 10.2. The first-order valence-corrected chi connectivity index (χ1v) is 6.21. The van der Waals surface area contributed by atoms with Gasteiger partial charge in [0.25, 0.3) is 0 Å². The highest BCUT2D eigenvalue weighted by molar-refractivity contribution is 5.10. The van der Waals surface area contributed by atoms with Crippen molar-refractivity contribution in [1.29, 1.82) is 0 Å². The van der Waals surface area contributed by atoms with Crippen molar-refractivity contribution < 1.29 is 0 Å². The van der Waals surface area contributed by atoms with Crippen molar-refractivity contribution in [2.75, 3.05) is 13.1 Å². The van der Waals surface area contributed by atoms with E-state index in [2.05, 4.69) is 30.2 Å². The zero-order chi connectivity index (χ0) is 10.9.